The van der Waals surface area contributed by atoms with E-state index < -0.39 is 23.1 Å². The van der Waals surface area contributed by atoms with Crippen LogP contribution < -0.4 is 21.9 Å². The zero-order chi connectivity index (χ0) is 28.4. The molecular weight excluding hydrogens is 508 g/mol. The predicted octanol–water partition coefficient (Wildman–Crippen LogP) is 4.24. The van der Waals surface area contributed by atoms with E-state index in [-0.39, 0.29) is 29.6 Å². The second-order valence-corrected chi connectivity index (χ2v) is 9.71. The lowest BCUT2D eigenvalue weighted by molar-refractivity contribution is -0.116. The molecule has 0 bridgehead atoms. The quantitative estimate of drug-likeness (QED) is 0.323. The number of hydrogen-bond donors (Lipinski definition) is 2. The first-order chi connectivity index (χ1) is 19.2. The molecular formula is C31H28N4O5. The molecule has 0 saturated heterocycles. The van der Waals surface area contributed by atoms with E-state index in [0.717, 1.165) is 21.3 Å². The number of nitrogens with zero attached hydrogens (tertiary/aromatic N) is 2. The van der Waals surface area contributed by atoms with E-state index in [9.17, 15) is 19.2 Å². The van der Waals surface area contributed by atoms with E-state index in [1.54, 1.807) is 42.5 Å². The molecule has 2 aromatic heterocycles. The molecule has 2 N–H and O–H groups in total. The molecule has 0 atom stereocenters. The summed E-state index contributed by atoms with van der Waals surface area (Å²) in [5, 5.41) is 5.81. The van der Waals surface area contributed by atoms with Crippen molar-refractivity contribution in [2.75, 3.05) is 5.32 Å². The third-order valence-electron chi connectivity index (χ3n) is 6.66. The fourth-order valence-electron chi connectivity index (χ4n) is 4.55. The van der Waals surface area contributed by atoms with Crippen LogP contribution in [0, 0.1) is 20.8 Å². The van der Waals surface area contributed by atoms with E-state index in [4.69, 9.17) is 4.42 Å². The summed E-state index contributed by atoms with van der Waals surface area (Å²) in [5.41, 5.74) is 3.09. The van der Waals surface area contributed by atoms with E-state index in [2.05, 4.69) is 10.6 Å². The monoisotopic (exact) mass is 536 g/mol. The van der Waals surface area contributed by atoms with Crippen molar-refractivity contribution in [1.82, 2.24) is 14.5 Å². The number of hydrogen-bond acceptors (Lipinski definition) is 5. The van der Waals surface area contributed by atoms with Gasteiger partial charge in [-0.15, -0.1) is 0 Å². The largest absolute Gasteiger partial charge is 0.467 e. The van der Waals surface area contributed by atoms with Gasteiger partial charge in [-0.25, -0.2) is 9.36 Å². The third kappa shape index (κ3) is 5.35. The summed E-state index contributed by atoms with van der Waals surface area (Å²) >= 11 is 0. The highest BCUT2D eigenvalue weighted by Crippen LogP contribution is 2.18. The number of nitrogens with one attached hydrogen (secondary N) is 2. The van der Waals surface area contributed by atoms with Gasteiger partial charge in [0.2, 0.25) is 5.91 Å². The number of aryl methyl sites for hydroxylation is 3. The van der Waals surface area contributed by atoms with Gasteiger partial charge in [0.25, 0.3) is 11.5 Å². The summed E-state index contributed by atoms with van der Waals surface area (Å²) in [7, 11) is 0. The number of carbonyl (C=O) groups excluding carboxylic acids is 2. The molecule has 0 aliphatic heterocycles. The van der Waals surface area contributed by atoms with Gasteiger partial charge < -0.3 is 15.1 Å². The topological polar surface area (TPSA) is 115 Å². The maximum Gasteiger partial charge on any atom is 0.336 e. The van der Waals surface area contributed by atoms with Crippen molar-refractivity contribution >= 4 is 28.4 Å². The Balaban J connectivity index is 1.59. The number of rotatable bonds is 7. The van der Waals surface area contributed by atoms with Crippen LogP contribution in [-0.2, 0) is 17.9 Å². The van der Waals surface area contributed by atoms with Crippen LogP contribution >= 0.6 is 0 Å². The third-order valence-corrected chi connectivity index (χ3v) is 6.66. The fraction of sp³-hybridized carbons (Fsp3) is 0.161. The summed E-state index contributed by atoms with van der Waals surface area (Å²) in [6.45, 7) is 5.55. The average Bonchev–Trinajstić information content (AvgIpc) is 3.46. The van der Waals surface area contributed by atoms with Crippen LogP contribution in [0.5, 0.6) is 0 Å². The van der Waals surface area contributed by atoms with Crippen molar-refractivity contribution in [1.29, 1.82) is 0 Å². The number of carbonyl (C=O) groups is 2. The molecule has 9 heteroatoms. The zero-order valence-electron chi connectivity index (χ0n) is 22.4. The lowest BCUT2D eigenvalue weighted by Crippen LogP contribution is -2.41. The summed E-state index contributed by atoms with van der Waals surface area (Å²) in [4.78, 5) is 53.4. The standard InChI is InChI=1S/C31H28N4O5/c1-19-6-10-23(11-7-19)35-30(38)25-12-9-22(29(37)32-17-24-5-4-14-40-24)16-27(25)34(31(35)39)18-28(36)33-26-13-8-20(2)15-21(26)3/h4-16H,17-18H2,1-3H3,(H,32,37)(H,33,36). The Morgan fingerprint density at radius 1 is 0.875 bits per heavy atom. The van der Waals surface area contributed by atoms with Gasteiger partial charge in [0, 0.05) is 11.3 Å². The molecule has 0 spiro atoms. The Hall–Kier alpha value is -5.18. The Morgan fingerprint density at radius 3 is 2.33 bits per heavy atom. The second-order valence-electron chi connectivity index (χ2n) is 9.71. The lowest BCUT2D eigenvalue weighted by atomic mass is 10.1. The molecule has 0 radical (unpaired) electrons. The smallest absolute Gasteiger partial charge is 0.336 e. The van der Waals surface area contributed by atoms with Crippen molar-refractivity contribution in [2.45, 2.75) is 33.9 Å². The lowest BCUT2D eigenvalue weighted by Gasteiger charge is -2.16. The van der Waals surface area contributed by atoms with Gasteiger partial charge in [-0.3, -0.25) is 19.0 Å². The average molecular weight is 537 g/mol. The van der Waals surface area contributed by atoms with E-state index >= 15 is 0 Å². The number of benzene rings is 3. The first-order valence-corrected chi connectivity index (χ1v) is 12.8. The van der Waals surface area contributed by atoms with Gasteiger partial charge >= 0.3 is 5.69 Å². The number of aromatic nitrogens is 2. The molecule has 0 unspecified atom stereocenters. The van der Waals surface area contributed by atoms with Gasteiger partial charge in [0.15, 0.2) is 0 Å². The van der Waals surface area contributed by atoms with Crippen molar-refractivity contribution in [3.05, 3.63) is 128 Å². The highest BCUT2D eigenvalue weighted by molar-refractivity contribution is 5.98. The Morgan fingerprint density at radius 2 is 1.62 bits per heavy atom. The van der Waals surface area contributed by atoms with Crippen LogP contribution in [0.4, 0.5) is 5.69 Å². The fourth-order valence-corrected chi connectivity index (χ4v) is 4.55. The summed E-state index contributed by atoms with van der Waals surface area (Å²) in [5.74, 6) is -0.285. The minimum Gasteiger partial charge on any atom is -0.467 e. The van der Waals surface area contributed by atoms with Crippen molar-refractivity contribution in [3.8, 4) is 5.69 Å². The molecule has 5 aromatic rings. The Kier molecular flexibility index (Phi) is 7.20. The second kappa shape index (κ2) is 10.9. The molecule has 0 aliphatic carbocycles. The van der Waals surface area contributed by atoms with E-state index in [1.807, 2.05) is 32.9 Å². The van der Waals surface area contributed by atoms with Crippen LogP contribution in [0.2, 0.25) is 0 Å². The minimum absolute atomic E-state index is 0.171. The highest BCUT2D eigenvalue weighted by Gasteiger charge is 2.19. The maximum atomic E-state index is 13.8. The number of fused-ring (bicyclic) bond motifs is 1. The molecule has 40 heavy (non-hydrogen) atoms. The molecule has 9 nitrogen and oxygen atoms in total. The van der Waals surface area contributed by atoms with Gasteiger partial charge in [-0.1, -0.05) is 35.4 Å². The molecule has 5 rings (SSSR count). The number of amides is 2. The molecule has 0 saturated carbocycles. The molecule has 0 fully saturated rings. The van der Waals surface area contributed by atoms with Crippen LogP contribution in [0.25, 0.3) is 16.6 Å². The minimum atomic E-state index is -0.690. The van der Waals surface area contributed by atoms with Crippen LogP contribution in [0.1, 0.15) is 32.8 Å². The molecule has 2 amide bonds. The predicted molar refractivity (Wildman–Crippen MR) is 153 cm³/mol. The SMILES string of the molecule is Cc1ccc(-n2c(=O)c3ccc(C(=O)NCc4ccco4)cc3n(CC(=O)Nc3ccc(C)cc3C)c2=O)cc1. The van der Waals surface area contributed by atoms with Gasteiger partial charge in [-0.2, -0.15) is 0 Å². The van der Waals surface area contributed by atoms with Crippen molar-refractivity contribution in [2.24, 2.45) is 0 Å². The maximum absolute atomic E-state index is 13.8. The zero-order valence-corrected chi connectivity index (χ0v) is 22.4. The Bertz CT molecular complexity index is 1850. The van der Waals surface area contributed by atoms with Gasteiger partial charge in [-0.05, 0) is 74.9 Å². The van der Waals surface area contributed by atoms with Gasteiger partial charge in [0.1, 0.15) is 12.3 Å². The Labute approximate surface area is 229 Å². The summed E-state index contributed by atoms with van der Waals surface area (Å²) in [6.07, 6.45) is 1.51. The molecule has 2 heterocycles. The summed E-state index contributed by atoms with van der Waals surface area (Å²) in [6, 6.07) is 20.5. The van der Waals surface area contributed by atoms with Crippen molar-refractivity contribution in [3.63, 3.8) is 0 Å². The van der Waals surface area contributed by atoms with Crippen LogP contribution in [-0.4, -0.2) is 20.9 Å². The van der Waals surface area contributed by atoms with Gasteiger partial charge in [0.05, 0.1) is 29.4 Å². The first-order valence-electron chi connectivity index (χ1n) is 12.8. The van der Waals surface area contributed by atoms with Crippen LogP contribution in [0.15, 0.2) is 93.1 Å². The van der Waals surface area contributed by atoms with Crippen LogP contribution in [0.3, 0.4) is 0 Å². The van der Waals surface area contributed by atoms with E-state index in [1.165, 1.54) is 29.0 Å². The molecule has 3 aromatic carbocycles. The van der Waals surface area contributed by atoms with Crippen molar-refractivity contribution < 1.29 is 14.0 Å². The molecule has 202 valence electrons. The summed E-state index contributed by atoms with van der Waals surface area (Å²) < 4.78 is 7.53. The highest BCUT2D eigenvalue weighted by atomic mass is 16.3. The normalized spacial score (nSPS) is 11.0. The molecule has 0 aliphatic rings. The first kappa shape index (κ1) is 26.4. The number of anilines is 1. The number of furan rings is 1. The van der Waals surface area contributed by atoms with E-state index in [0.29, 0.717) is 17.1 Å².